The SMILES string of the molecule is CNc1ccc2c(=O)c(C(=O)O)cn(C3CC3)c2c1. The van der Waals surface area contributed by atoms with E-state index in [1.165, 1.54) is 6.20 Å². The maximum Gasteiger partial charge on any atom is 0.341 e. The first-order valence-corrected chi connectivity index (χ1v) is 6.22. The van der Waals surface area contributed by atoms with Crippen LogP contribution in [-0.4, -0.2) is 22.7 Å². The zero-order valence-electron chi connectivity index (χ0n) is 10.5. The minimum absolute atomic E-state index is 0.156. The van der Waals surface area contributed by atoms with E-state index in [0.717, 1.165) is 24.0 Å². The summed E-state index contributed by atoms with van der Waals surface area (Å²) in [4.78, 5) is 23.3. The first-order chi connectivity index (χ1) is 9.11. The molecule has 1 aromatic heterocycles. The van der Waals surface area contributed by atoms with Crippen LogP contribution in [0, 0.1) is 0 Å². The predicted molar refractivity (Wildman–Crippen MR) is 73.0 cm³/mol. The van der Waals surface area contributed by atoms with Crippen molar-refractivity contribution in [2.45, 2.75) is 18.9 Å². The lowest BCUT2D eigenvalue weighted by Gasteiger charge is -2.12. The quantitative estimate of drug-likeness (QED) is 0.884. The second-order valence-electron chi connectivity index (χ2n) is 4.80. The van der Waals surface area contributed by atoms with Crippen LogP contribution in [0.1, 0.15) is 29.2 Å². The number of nitrogens with zero attached hydrogens (tertiary/aromatic N) is 1. The first kappa shape index (κ1) is 11.8. The lowest BCUT2D eigenvalue weighted by Crippen LogP contribution is -2.18. The van der Waals surface area contributed by atoms with Gasteiger partial charge in [0.15, 0.2) is 0 Å². The van der Waals surface area contributed by atoms with Gasteiger partial charge in [0, 0.05) is 30.4 Å². The summed E-state index contributed by atoms with van der Waals surface area (Å²) in [6.07, 6.45) is 3.53. The Labute approximate surface area is 109 Å². The molecule has 2 N–H and O–H groups in total. The molecular weight excluding hydrogens is 244 g/mol. The summed E-state index contributed by atoms with van der Waals surface area (Å²) in [7, 11) is 1.81. The predicted octanol–water partition coefficient (Wildman–Crippen LogP) is 2.08. The van der Waals surface area contributed by atoms with Gasteiger partial charge < -0.3 is 15.0 Å². The number of rotatable bonds is 3. The molecule has 5 nitrogen and oxygen atoms in total. The van der Waals surface area contributed by atoms with Gasteiger partial charge in [-0.05, 0) is 31.0 Å². The largest absolute Gasteiger partial charge is 0.477 e. The Morgan fingerprint density at radius 2 is 2.16 bits per heavy atom. The van der Waals surface area contributed by atoms with Crippen LogP contribution >= 0.6 is 0 Å². The number of anilines is 1. The zero-order valence-corrected chi connectivity index (χ0v) is 10.5. The van der Waals surface area contributed by atoms with Gasteiger partial charge >= 0.3 is 5.97 Å². The van der Waals surface area contributed by atoms with Crippen LogP contribution in [0.3, 0.4) is 0 Å². The normalized spacial score (nSPS) is 14.6. The molecule has 1 aliphatic rings. The highest BCUT2D eigenvalue weighted by Gasteiger charge is 2.26. The molecule has 5 heteroatoms. The van der Waals surface area contributed by atoms with E-state index in [9.17, 15) is 9.59 Å². The minimum atomic E-state index is -1.17. The highest BCUT2D eigenvalue weighted by atomic mass is 16.4. The fourth-order valence-corrected chi connectivity index (χ4v) is 2.31. The van der Waals surface area contributed by atoms with Crippen molar-refractivity contribution in [2.24, 2.45) is 0 Å². The molecule has 19 heavy (non-hydrogen) atoms. The van der Waals surface area contributed by atoms with Crippen LogP contribution in [0.4, 0.5) is 5.69 Å². The number of aromatic carboxylic acids is 1. The number of hydrogen-bond donors (Lipinski definition) is 2. The maximum atomic E-state index is 12.2. The fourth-order valence-electron chi connectivity index (χ4n) is 2.31. The van der Waals surface area contributed by atoms with E-state index < -0.39 is 11.4 Å². The van der Waals surface area contributed by atoms with Crippen molar-refractivity contribution in [3.8, 4) is 0 Å². The Kier molecular flexibility index (Phi) is 2.55. The van der Waals surface area contributed by atoms with Crippen molar-refractivity contribution in [2.75, 3.05) is 12.4 Å². The van der Waals surface area contributed by atoms with E-state index in [-0.39, 0.29) is 5.56 Å². The number of aromatic nitrogens is 1. The molecule has 0 saturated heterocycles. The van der Waals surface area contributed by atoms with Crippen LogP contribution in [0.15, 0.2) is 29.2 Å². The molecular formula is C14H14N2O3. The molecule has 0 unspecified atom stereocenters. The van der Waals surface area contributed by atoms with Crippen LogP contribution in [0.2, 0.25) is 0 Å². The topological polar surface area (TPSA) is 71.3 Å². The summed E-state index contributed by atoms with van der Waals surface area (Å²) in [5.41, 5.74) is 1.13. The van der Waals surface area contributed by atoms with Crippen LogP contribution in [0.5, 0.6) is 0 Å². The molecule has 0 spiro atoms. The minimum Gasteiger partial charge on any atom is -0.477 e. The molecule has 0 atom stereocenters. The van der Waals surface area contributed by atoms with Crippen LogP contribution in [-0.2, 0) is 0 Å². The van der Waals surface area contributed by atoms with Crippen molar-refractivity contribution < 1.29 is 9.90 Å². The number of fused-ring (bicyclic) bond motifs is 1. The highest BCUT2D eigenvalue weighted by molar-refractivity contribution is 5.93. The average Bonchev–Trinajstić information content (AvgIpc) is 3.22. The van der Waals surface area contributed by atoms with Crippen LogP contribution < -0.4 is 10.7 Å². The lowest BCUT2D eigenvalue weighted by molar-refractivity contribution is 0.0695. The standard InChI is InChI=1S/C14H14N2O3/c1-15-8-2-5-10-12(6-8)16(9-3-4-9)7-11(13(10)17)14(18)19/h2,5-7,9,15H,3-4H2,1H3,(H,18,19). The Morgan fingerprint density at radius 1 is 1.42 bits per heavy atom. The third-order valence-electron chi connectivity index (χ3n) is 3.49. The monoisotopic (exact) mass is 258 g/mol. The molecule has 98 valence electrons. The van der Waals surface area contributed by atoms with E-state index in [1.54, 1.807) is 12.1 Å². The third-order valence-corrected chi connectivity index (χ3v) is 3.49. The molecule has 3 rings (SSSR count). The third kappa shape index (κ3) is 1.87. The number of carboxylic acids is 1. The van der Waals surface area contributed by atoms with Gasteiger partial charge in [-0.1, -0.05) is 0 Å². The van der Waals surface area contributed by atoms with Gasteiger partial charge in [-0.2, -0.15) is 0 Å². The van der Waals surface area contributed by atoms with Crippen molar-refractivity contribution >= 4 is 22.6 Å². The molecule has 1 aliphatic carbocycles. The number of nitrogens with one attached hydrogen (secondary N) is 1. The van der Waals surface area contributed by atoms with E-state index in [4.69, 9.17) is 5.11 Å². The molecule has 0 amide bonds. The van der Waals surface area contributed by atoms with Gasteiger partial charge in [0.25, 0.3) is 0 Å². The number of pyridine rings is 1. The maximum absolute atomic E-state index is 12.2. The Balaban J connectivity index is 2.38. The van der Waals surface area contributed by atoms with Crippen molar-refractivity contribution in [1.82, 2.24) is 4.57 Å². The second-order valence-corrected chi connectivity index (χ2v) is 4.80. The number of benzene rings is 1. The summed E-state index contributed by atoms with van der Waals surface area (Å²) in [6.45, 7) is 0. The average molecular weight is 258 g/mol. The van der Waals surface area contributed by atoms with Gasteiger partial charge in [-0.3, -0.25) is 4.79 Å². The molecule has 1 heterocycles. The molecule has 0 bridgehead atoms. The smallest absolute Gasteiger partial charge is 0.341 e. The molecule has 0 radical (unpaired) electrons. The molecule has 1 saturated carbocycles. The number of hydrogen-bond acceptors (Lipinski definition) is 3. The van der Waals surface area contributed by atoms with Crippen molar-refractivity contribution in [3.05, 3.63) is 40.2 Å². The first-order valence-electron chi connectivity index (χ1n) is 6.22. The second kappa shape index (κ2) is 4.12. The van der Waals surface area contributed by atoms with Gasteiger partial charge in [-0.25, -0.2) is 4.79 Å². The van der Waals surface area contributed by atoms with E-state index in [0.29, 0.717) is 11.4 Å². The molecule has 1 fully saturated rings. The summed E-state index contributed by atoms with van der Waals surface area (Å²) in [6, 6.07) is 5.68. The van der Waals surface area contributed by atoms with Gasteiger partial charge in [0.1, 0.15) is 5.56 Å². The Hall–Kier alpha value is -2.30. The summed E-state index contributed by atoms with van der Waals surface area (Å²) >= 11 is 0. The van der Waals surface area contributed by atoms with Crippen molar-refractivity contribution in [1.29, 1.82) is 0 Å². The summed E-state index contributed by atoms with van der Waals surface area (Å²) in [5, 5.41) is 12.6. The number of carbonyl (C=O) groups is 1. The van der Waals surface area contributed by atoms with Gasteiger partial charge in [0.2, 0.25) is 5.43 Å². The Morgan fingerprint density at radius 3 is 2.74 bits per heavy atom. The lowest BCUT2D eigenvalue weighted by atomic mass is 10.1. The van der Waals surface area contributed by atoms with Gasteiger partial charge in [0.05, 0.1) is 5.52 Å². The summed E-state index contributed by atoms with van der Waals surface area (Å²) in [5.74, 6) is -1.17. The van der Waals surface area contributed by atoms with Gasteiger partial charge in [-0.15, -0.1) is 0 Å². The van der Waals surface area contributed by atoms with E-state index >= 15 is 0 Å². The molecule has 2 aromatic rings. The van der Waals surface area contributed by atoms with E-state index in [2.05, 4.69) is 5.32 Å². The van der Waals surface area contributed by atoms with E-state index in [1.807, 2.05) is 17.7 Å². The molecule has 1 aromatic carbocycles. The summed E-state index contributed by atoms with van der Waals surface area (Å²) < 4.78 is 1.92. The number of carboxylic acid groups (broad SMARTS) is 1. The fraction of sp³-hybridized carbons (Fsp3) is 0.286. The molecule has 0 aliphatic heterocycles. The van der Waals surface area contributed by atoms with Crippen molar-refractivity contribution in [3.63, 3.8) is 0 Å². The Bertz CT molecular complexity index is 729. The van der Waals surface area contributed by atoms with Crippen LogP contribution in [0.25, 0.3) is 10.9 Å². The zero-order chi connectivity index (χ0) is 13.6. The highest BCUT2D eigenvalue weighted by Crippen LogP contribution is 2.37.